The molecule has 166 valence electrons. The Balaban J connectivity index is 1.44. The highest BCUT2D eigenvalue weighted by Crippen LogP contribution is 2.24. The first-order valence-corrected chi connectivity index (χ1v) is 12.2. The van der Waals surface area contributed by atoms with Gasteiger partial charge in [-0.3, -0.25) is 10.1 Å². The van der Waals surface area contributed by atoms with Gasteiger partial charge in [-0.05, 0) is 42.2 Å². The van der Waals surface area contributed by atoms with Crippen molar-refractivity contribution in [2.45, 2.75) is 23.8 Å². The Kier molecular flexibility index (Phi) is 6.99. The van der Waals surface area contributed by atoms with E-state index in [4.69, 9.17) is 0 Å². The summed E-state index contributed by atoms with van der Waals surface area (Å²) in [5.41, 5.74) is 2.59. The minimum absolute atomic E-state index is 0.0809. The second kappa shape index (κ2) is 10.1. The van der Waals surface area contributed by atoms with E-state index in [1.807, 2.05) is 60.7 Å². The van der Waals surface area contributed by atoms with Gasteiger partial charge < -0.3 is 5.32 Å². The first kappa shape index (κ1) is 22.2. The van der Waals surface area contributed by atoms with Gasteiger partial charge in [0.1, 0.15) is 0 Å². The van der Waals surface area contributed by atoms with Crippen LogP contribution in [-0.4, -0.2) is 38.3 Å². The van der Waals surface area contributed by atoms with Gasteiger partial charge in [0.2, 0.25) is 15.9 Å². The van der Waals surface area contributed by atoms with Crippen LogP contribution in [0.25, 0.3) is 0 Å². The van der Waals surface area contributed by atoms with E-state index in [-0.39, 0.29) is 23.4 Å². The zero-order chi connectivity index (χ0) is 22.4. The highest BCUT2D eigenvalue weighted by molar-refractivity contribution is 7.89. The van der Waals surface area contributed by atoms with E-state index in [1.165, 1.54) is 10.4 Å². The fraction of sp³-hybridized carbons (Fsp3) is 0.240. The smallest absolute Gasteiger partial charge is 0.243 e. The summed E-state index contributed by atoms with van der Waals surface area (Å²) >= 11 is 0. The number of nitrogens with zero attached hydrogens (tertiary/aromatic N) is 1. The van der Waals surface area contributed by atoms with Gasteiger partial charge in [-0.2, -0.15) is 4.31 Å². The molecule has 1 heterocycles. The van der Waals surface area contributed by atoms with Crippen molar-refractivity contribution >= 4 is 21.6 Å². The SMILES string of the molecule is O=C(CNC(c1ccccc1)c1ccccc1)Nc1cccc(S(=O)(=O)N2CCCC2)c1. The Labute approximate surface area is 189 Å². The lowest BCUT2D eigenvalue weighted by atomic mass is 9.99. The second-order valence-corrected chi connectivity index (χ2v) is 9.76. The minimum Gasteiger partial charge on any atom is -0.325 e. The molecular formula is C25H27N3O3S. The van der Waals surface area contributed by atoms with Crippen LogP contribution in [0.3, 0.4) is 0 Å². The average Bonchev–Trinajstić information content (AvgIpc) is 3.37. The largest absolute Gasteiger partial charge is 0.325 e. The molecule has 1 amide bonds. The van der Waals surface area contributed by atoms with Crippen LogP contribution in [-0.2, 0) is 14.8 Å². The Morgan fingerprint density at radius 2 is 1.44 bits per heavy atom. The molecule has 32 heavy (non-hydrogen) atoms. The highest BCUT2D eigenvalue weighted by Gasteiger charge is 2.27. The number of anilines is 1. The number of nitrogens with one attached hydrogen (secondary N) is 2. The summed E-state index contributed by atoms with van der Waals surface area (Å²) in [5, 5.41) is 6.14. The summed E-state index contributed by atoms with van der Waals surface area (Å²) in [6, 6.07) is 26.2. The zero-order valence-electron chi connectivity index (χ0n) is 17.8. The van der Waals surface area contributed by atoms with E-state index in [9.17, 15) is 13.2 Å². The molecule has 0 saturated carbocycles. The Hall–Kier alpha value is -3.00. The molecule has 7 heteroatoms. The number of hydrogen-bond donors (Lipinski definition) is 2. The van der Waals surface area contributed by atoms with Gasteiger partial charge in [0.15, 0.2) is 0 Å². The fourth-order valence-corrected chi connectivity index (χ4v) is 5.49. The van der Waals surface area contributed by atoms with Crippen molar-refractivity contribution < 1.29 is 13.2 Å². The third-order valence-corrected chi connectivity index (χ3v) is 7.45. The lowest BCUT2D eigenvalue weighted by molar-refractivity contribution is -0.115. The molecule has 1 saturated heterocycles. The molecule has 4 rings (SSSR count). The molecule has 1 aliphatic rings. The predicted octanol–water partition coefficient (Wildman–Crippen LogP) is 3.79. The number of hydrogen-bond acceptors (Lipinski definition) is 4. The second-order valence-electron chi connectivity index (χ2n) is 7.82. The van der Waals surface area contributed by atoms with Gasteiger partial charge >= 0.3 is 0 Å². The molecular weight excluding hydrogens is 422 g/mol. The van der Waals surface area contributed by atoms with Crippen molar-refractivity contribution in [2.24, 2.45) is 0 Å². The topological polar surface area (TPSA) is 78.5 Å². The summed E-state index contributed by atoms with van der Waals surface area (Å²) in [7, 11) is -3.53. The summed E-state index contributed by atoms with van der Waals surface area (Å²) < 4.78 is 27.1. The van der Waals surface area contributed by atoms with Crippen LogP contribution >= 0.6 is 0 Å². The average molecular weight is 450 g/mol. The molecule has 0 bridgehead atoms. The first-order valence-electron chi connectivity index (χ1n) is 10.8. The number of carbonyl (C=O) groups is 1. The maximum Gasteiger partial charge on any atom is 0.243 e. The number of sulfonamides is 1. The Morgan fingerprint density at radius 3 is 2.03 bits per heavy atom. The van der Waals surface area contributed by atoms with Crippen molar-refractivity contribution in [1.82, 2.24) is 9.62 Å². The summed E-state index contributed by atoms with van der Waals surface area (Å²) in [4.78, 5) is 12.9. The summed E-state index contributed by atoms with van der Waals surface area (Å²) in [6.45, 7) is 1.17. The maximum atomic E-state index is 12.8. The van der Waals surface area contributed by atoms with Gasteiger partial charge in [0.25, 0.3) is 0 Å². The standard InChI is InChI=1S/C25H27N3O3S/c29-24(19-26-25(20-10-3-1-4-11-20)21-12-5-2-6-13-21)27-22-14-9-15-23(18-22)32(30,31)28-16-7-8-17-28/h1-6,9-15,18,25-26H,7-8,16-17,19H2,(H,27,29). The van der Waals surface area contributed by atoms with Crippen LogP contribution in [0.2, 0.25) is 0 Å². The normalized spacial score (nSPS) is 14.5. The van der Waals surface area contributed by atoms with E-state index in [0.29, 0.717) is 18.8 Å². The third-order valence-electron chi connectivity index (χ3n) is 5.55. The van der Waals surface area contributed by atoms with Crippen LogP contribution in [0.1, 0.15) is 30.0 Å². The molecule has 3 aromatic carbocycles. The zero-order valence-corrected chi connectivity index (χ0v) is 18.6. The van der Waals surface area contributed by atoms with Crippen LogP contribution < -0.4 is 10.6 Å². The molecule has 0 aliphatic carbocycles. The van der Waals surface area contributed by atoms with Crippen molar-refractivity contribution in [2.75, 3.05) is 25.0 Å². The Bertz CT molecular complexity index is 1110. The van der Waals surface area contributed by atoms with Gasteiger partial charge in [-0.1, -0.05) is 66.7 Å². The fourth-order valence-electron chi connectivity index (χ4n) is 3.93. The molecule has 3 aromatic rings. The maximum absolute atomic E-state index is 12.8. The van der Waals surface area contributed by atoms with Gasteiger partial charge in [0, 0.05) is 18.8 Å². The number of carbonyl (C=O) groups excluding carboxylic acids is 1. The van der Waals surface area contributed by atoms with E-state index < -0.39 is 10.0 Å². The number of benzene rings is 3. The van der Waals surface area contributed by atoms with E-state index >= 15 is 0 Å². The van der Waals surface area contributed by atoms with E-state index in [1.54, 1.807) is 18.2 Å². The number of amides is 1. The van der Waals surface area contributed by atoms with Crippen molar-refractivity contribution in [3.63, 3.8) is 0 Å². The lowest BCUT2D eigenvalue weighted by Gasteiger charge is -2.20. The van der Waals surface area contributed by atoms with Gasteiger partial charge in [0.05, 0.1) is 17.5 Å². The molecule has 6 nitrogen and oxygen atoms in total. The van der Waals surface area contributed by atoms with Crippen LogP contribution in [0.4, 0.5) is 5.69 Å². The number of rotatable bonds is 8. The molecule has 0 radical (unpaired) electrons. The quantitative estimate of drug-likeness (QED) is 0.549. The third kappa shape index (κ3) is 5.24. The monoisotopic (exact) mass is 449 g/mol. The molecule has 1 aliphatic heterocycles. The molecule has 0 aromatic heterocycles. The van der Waals surface area contributed by atoms with Gasteiger partial charge in [-0.25, -0.2) is 8.42 Å². The molecule has 0 spiro atoms. The summed E-state index contributed by atoms with van der Waals surface area (Å²) in [6.07, 6.45) is 1.76. The molecule has 0 atom stereocenters. The molecule has 0 unspecified atom stereocenters. The van der Waals surface area contributed by atoms with Crippen LogP contribution in [0.15, 0.2) is 89.8 Å². The van der Waals surface area contributed by atoms with Crippen molar-refractivity contribution in [1.29, 1.82) is 0 Å². The van der Waals surface area contributed by atoms with E-state index in [0.717, 1.165) is 24.0 Å². The highest BCUT2D eigenvalue weighted by atomic mass is 32.2. The molecule has 2 N–H and O–H groups in total. The Morgan fingerprint density at radius 1 is 0.844 bits per heavy atom. The van der Waals surface area contributed by atoms with Gasteiger partial charge in [-0.15, -0.1) is 0 Å². The van der Waals surface area contributed by atoms with Crippen molar-refractivity contribution in [3.8, 4) is 0 Å². The van der Waals surface area contributed by atoms with E-state index in [2.05, 4.69) is 10.6 Å². The predicted molar refractivity (Wildman–Crippen MR) is 126 cm³/mol. The lowest BCUT2D eigenvalue weighted by Crippen LogP contribution is -2.32. The van der Waals surface area contributed by atoms with Crippen molar-refractivity contribution in [3.05, 3.63) is 96.1 Å². The minimum atomic E-state index is -3.53. The molecule has 1 fully saturated rings. The van der Waals surface area contributed by atoms with Crippen LogP contribution in [0.5, 0.6) is 0 Å². The van der Waals surface area contributed by atoms with Crippen LogP contribution in [0, 0.1) is 0 Å². The summed E-state index contributed by atoms with van der Waals surface area (Å²) in [5.74, 6) is -0.238. The first-order chi connectivity index (χ1) is 15.5.